The molecule has 0 aliphatic rings. The van der Waals surface area contributed by atoms with Gasteiger partial charge in [-0.3, -0.25) is 9.59 Å². The topological polar surface area (TPSA) is 93.2 Å². The van der Waals surface area contributed by atoms with Crippen LogP contribution in [0.15, 0.2) is 58.3 Å². The van der Waals surface area contributed by atoms with Gasteiger partial charge in [0, 0.05) is 11.9 Å². The van der Waals surface area contributed by atoms with Crippen LogP contribution in [0.4, 0.5) is 10.1 Å². The van der Waals surface area contributed by atoms with E-state index in [1.165, 1.54) is 24.3 Å². The van der Waals surface area contributed by atoms with Crippen molar-refractivity contribution in [2.24, 2.45) is 0 Å². The molecular weight excluding hydrogens is 389 g/mol. The number of carbonyl (C=O) groups excluding carboxylic acids is 1. The Morgan fingerprint density at radius 1 is 1.21 bits per heavy atom. The summed E-state index contributed by atoms with van der Waals surface area (Å²) in [6, 6.07) is 9.95. The van der Waals surface area contributed by atoms with Crippen molar-refractivity contribution in [3.8, 4) is 11.4 Å². The molecule has 2 N–H and O–H groups in total. The van der Waals surface area contributed by atoms with Gasteiger partial charge < -0.3 is 15.0 Å². The molecule has 144 valence electrons. The van der Waals surface area contributed by atoms with Gasteiger partial charge in [0.2, 0.25) is 0 Å². The number of amides is 1. The predicted molar refractivity (Wildman–Crippen MR) is 103 cm³/mol. The zero-order chi connectivity index (χ0) is 20.3. The van der Waals surface area contributed by atoms with E-state index in [2.05, 4.69) is 10.3 Å². The number of nitrogens with zero attached hydrogens (tertiary/aromatic N) is 1. The van der Waals surface area contributed by atoms with Crippen LogP contribution >= 0.6 is 11.6 Å². The van der Waals surface area contributed by atoms with Gasteiger partial charge in [-0.05, 0) is 49.4 Å². The third-order valence-electron chi connectivity index (χ3n) is 3.80. The van der Waals surface area contributed by atoms with E-state index in [-0.39, 0.29) is 22.0 Å². The van der Waals surface area contributed by atoms with Crippen LogP contribution in [-0.2, 0) is 0 Å². The summed E-state index contributed by atoms with van der Waals surface area (Å²) in [6.07, 6.45) is 1.01. The Bertz CT molecular complexity index is 1140. The summed E-state index contributed by atoms with van der Waals surface area (Å²) in [5.74, 6) is -0.940. The summed E-state index contributed by atoms with van der Waals surface area (Å²) in [6.45, 7) is 2.30. The number of benzene rings is 2. The van der Waals surface area contributed by atoms with Crippen molar-refractivity contribution in [2.75, 3.05) is 11.9 Å². The molecule has 0 aliphatic carbocycles. The van der Waals surface area contributed by atoms with Crippen molar-refractivity contribution in [3.63, 3.8) is 0 Å². The molecule has 1 aromatic heterocycles. The van der Waals surface area contributed by atoms with Crippen molar-refractivity contribution in [3.05, 3.63) is 85.9 Å². The lowest BCUT2D eigenvalue weighted by molar-refractivity contribution is 0.102. The average Bonchev–Trinajstić information content (AvgIpc) is 2.66. The molecule has 0 fully saturated rings. The Labute approximate surface area is 163 Å². The molecule has 28 heavy (non-hydrogen) atoms. The molecule has 0 saturated heterocycles. The van der Waals surface area contributed by atoms with Crippen LogP contribution in [0.25, 0.3) is 5.69 Å². The largest absolute Gasteiger partial charge is 0.494 e. The van der Waals surface area contributed by atoms with E-state index in [0.29, 0.717) is 12.4 Å². The maximum atomic E-state index is 13.5. The summed E-state index contributed by atoms with van der Waals surface area (Å²) in [7, 11) is 0. The smallest absolute Gasteiger partial charge is 0.333 e. The fraction of sp³-hybridized carbons (Fsp3) is 0.105. The molecular formula is C19H15ClFN3O4. The number of H-pyrrole nitrogens is 1. The van der Waals surface area contributed by atoms with Crippen molar-refractivity contribution in [1.82, 2.24) is 9.55 Å². The number of rotatable bonds is 5. The van der Waals surface area contributed by atoms with Gasteiger partial charge in [0.25, 0.3) is 11.5 Å². The van der Waals surface area contributed by atoms with E-state index in [0.717, 1.165) is 16.8 Å². The normalized spacial score (nSPS) is 10.5. The summed E-state index contributed by atoms with van der Waals surface area (Å²) >= 11 is 5.61. The van der Waals surface area contributed by atoms with Gasteiger partial charge in [0.15, 0.2) is 0 Å². The molecule has 0 bridgehead atoms. The summed E-state index contributed by atoms with van der Waals surface area (Å²) in [4.78, 5) is 39.7. The number of carbonyl (C=O) groups is 1. The highest BCUT2D eigenvalue weighted by atomic mass is 35.5. The Balaban J connectivity index is 1.96. The lowest BCUT2D eigenvalue weighted by Gasteiger charge is -2.09. The quantitative estimate of drug-likeness (QED) is 0.685. The van der Waals surface area contributed by atoms with Gasteiger partial charge in [0.1, 0.15) is 17.1 Å². The minimum Gasteiger partial charge on any atom is -0.494 e. The fourth-order valence-electron chi connectivity index (χ4n) is 2.50. The van der Waals surface area contributed by atoms with Crippen LogP contribution in [0.5, 0.6) is 5.75 Å². The Morgan fingerprint density at radius 3 is 2.57 bits per heavy atom. The predicted octanol–water partition coefficient (Wildman–Crippen LogP) is 2.97. The molecule has 0 unspecified atom stereocenters. The Kier molecular flexibility index (Phi) is 5.60. The molecule has 2 aromatic carbocycles. The zero-order valence-corrected chi connectivity index (χ0v) is 15.4. The lowest BCUT2D eigenvalue weighted by atomic mass is 10.2. The minimum absolute atomic E-state index is 0.0973. The number of hydrogen-bond acceptors (Lipinski definition) is 4. The Morgan fingerprint density at radius 2 is 1.93 bits per heavy atom. The van der Waals surface area contributed by atoms with E-state index in [1.807, 2.05) is 6.92 Å². The third-order valence-corrected chi connectivity index (χ3v) is 4.11. The van der Waals surface area contributed by atoms with E-state index in [9.17, 15) is 18.8 Å². The zero-order valence-electron chi connectivity index (χ0n) is 14.7. The standard InChI is InChI=1S/C19H15ClFN3O4/c1-2-28-13-6-4-12(5-7-13)24-18(26)14(10-22-19(24)27)17(25)23-11-3-8-15(20)16(21)9-11/h3-10H,2H2,1H3,(H,22,27)(H,23,25). The van der Waals surface area contributed by atoms with Gasteiger partial charge in [-0.25, -0.2) is 13.8 Å². The monoisotopic (exact) mass is 403 g/mol. The molecule has 0 spiro atoms. The second kappa shape index (κ2) is 8.10. The number of nitrogens with one attached hydrogen (secondary N) is 2. The SMILES string of the molecule is CCOc1ccc(-n2c(=O)[nH]cc(C(=O)Nc3ccc(Cl)c(F)c3)c2=O)cc1. The number of aromatic nitrogens is 2. The van der Waals surface area contributed by atoms with E-state index < -0.39 is 23.0 Å². The first-order valence-electron chi connectivity index (χ1n) is 8.25. The maximum absolute atomic E-state index is 13.5. The van der Waals surface area contributed by atoms with Gasteiger partial charge in [-0.1, -0.05) is 11.6 Å². The molecule has 7 nitrogen and oxygen atoms in total. The summed E-state index contributed by atoms with van der Waals surface area (Å²) < 4.78 is 19.7. The van der Waals surface area contributed by atoms with E-state index >= 15 is 0 Å². The summed E-state index contributed by atoms with van der Waals surface area (Å²) in [5.41, 5.74) is -1.46. The van der Waals surface area contributed by atoms with Crippen LogP contribution in [0.1, 0.15) is 17.3 Å². The molecule has 9 heteroatoms. The van der Waals surface area contributed by atoms with Crippen LogP contribution < -0.4 is 21.3 Å². The molecule has 0 aliphatic heterocycles. The highest BCUT2D eigenvalue weighted by Gasteiger charge is 2.16. The first-order valence-corrected chi connectivity index (χ1v) is 8.63. The first-order chi connectivity index (χ1) is 13.4. The number of aromatic amines is 1. The molecule has 3 aromatic rings. The molecule has 1 heterocycles. The highest BCUT2D eigenvalue weighted by molar-refractivity contribution is 6.30. The number of ether oxygens (including phenoxy) is 1. The van der Waals surface area contributed by atoms with Gasteiger partial charge in [-0.15, -0.1) is 0 Å². The number of hydrogen-bond donors (Lipinski definition) is 2. The van der Waals surface area contributed by atoms with Crippen LogP contribution in [-0.4, -0.2) is 22.1 Å². The second-order valence-corrected chi connectivity index (χ2v) is 6.07. The summed E-state index contributed by atoms with van der Waals surface area (Å²) in [5, 5.41) is 2.30. The van der Waals surface area contributed by atoms with E-state index in [4.69, 9.17) is 16.3 Å². The molecule has 0 radical (unpaired) electrons. The Hall–Kier alpha value is -3.39. The third kappa shape index (κ3) is 3.96. The minimum atomic E-state index is -0.820. The van der Waals surface area contributed by atoms with E-state index in [1.54, 1.807) is 12.1 Å². The van der Waals surface area contributed by atoms with Crippen molar-refractivity contribution >= 4 is 23.2 Å². The molecule has 0 atom stereocenters. The van der Waals surface area contributed by atoms with Crippen LogP contribution in [0.2, 0.25) is 5.02 Å². The fourth-order valence-corrected chi connectivity index (χ4v) is 2.62. The number of anilines is 1. The average molecular weight is 404 g/mol. The van der Waals surface area contributed by atoms with Crippen molar-refractivity contribution < 1.29 is 13.9 Å². The maximum Gasteiger partial charge on any atom is 0.333 e. The van der Waals surface area contributed by atoms with Crippen molar-refractivity contribution in [1.29, 1.82) is 0 Å². The molecule has 3 rings (SSSR count). The molecule has 0 saturated carbocycles. The molecule has 1 amide bonds. The van der Waals surface area contributed by atoms with Gasteiger partial charge in [-0.2, -0.15) is 0 Å². The number of halogens is 2. The second-order valence-electron chi connectivity index (χ2n) is 5.66. The lowest BCUT2D eigenvalue weighted by Crippen LogP contribution is -2.38. The van der Waals surface area contributed by atoms with Crippen LogP contribution in [0.3, 0.4) is 0 Å². The highest BCUT2D eigenvalue weighted by Crippen LogP contribution is 2.19. The van der Waals surface area contributed by atoms with Gasteiger partial charge in [0.05, 0.1) is 17.3 Å². The van der Waals surface area contributed by atoms with Crippen molar-refractivity contribution in [2.45, 2.75) is 6.92 Å². The van der Waals surface area contributed by atoms with Gasteiger partial charge >= 0.3 is 5.69 Å². The first kappa shape index (κ1) is 19.4. The van der Waals surface area contributed by atoms with Crippen LogP contribution in [0, 0.1) is 5.82 Å².